The highest BCUT2D eigenvalue weighted by molar-refractivity contribution is 9.10. The molecule has 0 aliphatic heterocycles. The van der Waals surface area contributed by atoms with E-state index in [2.05, 4.69) is 26.1 Å². The maximum Gasteiger partial charge on any atom is 0.269 e. The first-order valence-electron chi connectivity index (χ1n) is 7.56. The summed E-state index contributed by atoms with van der Waals surface area (Å²) < 4.78 is 28.1. The molecule has 0 aliphatic carbocycles. The van der Waals surface area contributed by atoms with Gasteiger partial charge in [0, 0.05) is 21.6 Å². The fourth-order valence-electron chi connectivity index (χ4n) is 2.58. The zero-order valence-electron chi connectivity index (χ0n) is 13.8. The Balaban J connectivity index is 2.28. The first-order valence-corrected chi connectivity index (χ1v) is 9.79. The second-order valence-electron chi connectivity index (χ2n) is 5.50. The van der Waals surface area contributed by atoms with Crippen LogP contribution >= 0.6 is 15.9 Å². The highest BCUT2D eigenvalue weighted by Gasteiger charge is 2.23. The molecule has 1 aromatic heterocycles. The van der Waals surface area contributed by atoms with Crippen molar-refractivity contribution < 1.29 is 8.42 Å². The standard InChI is InChI=1S/C17H16BrN5O2S/c1-11(21-22-17(19)20)13-10-23(15-8-4-2-6-12(13)15)26(24,25)16-9-5-3-7-14(16)18/h2-10H,1H3,(H4,19,20,22). The molecule has 0 atom stereocenters. The first kappa shape index (κ1) is 18.2. The maximum atomic E-state index is 13.2. The lowest BCUT2D eigenvalue weighted by Crippen LogP contribution is -2.22. The lowest BCUT2D eigenvalue weighted by molar-refractivity contribution is 0.588. The minimum absolute atomic E-state index is 0.172. The van der Waals surface area contributed by atoms with Gasteiger partial charge in [0.05, 0.1) is 11.2 Å². The van der Waals surface area contributed by atoms with Crippen molar-refractivity contribution in [2.24, 2.45) is 21.7 Å². The second kappa shape index (κ2) is 6.93. The Labute approximate surface area is 159 Å². The van der Waals surface area contributed by atoms with Crippen LogP contribution in [-0.4, -0.2) is 24.1 Å². The van der Waals surface area contributed by atoms with Crippen molar-refractivity contribution in [1.82, 2.24) is 3.97 Å². The normalized spacial score (nSPS) is 12.3. The molecule has 4 N–H and O–H groups in total. The first-order chi connectivity index (χ1) is 12.3. The van der Waals surface area contributed by atoms with Crippen LogP contribution in [0.15, 0.2) is 74.3 Å². The number of hydrogen-bond donors (Lipinski definition) is 2. The van der Waals surface area contributed by atoms with Crippen LogP contribution in [0, 0.1) is 0 Å². The molecule has 3 aromatic rings. The van der Waals surface area contributed by atoms with E-state index in [1.165, 1.54) is 10.2 Å². The summed E-state index contributed by atoms with van der Waals surface area (Å²) in [6.07, 6.45) is 1.53. The van der Waals surface area contributed by atoms with E-state index < -0.39 is 10.0 Å². The molecule has 0 spiro atoms. The van der Waals surface area contributed by atoms with Crippen molar-refractivity contribution in [2.75, 3.05) is 0 Å². The summed E-state index contributed by atoms with van der Waals surface area (Å²) in [4.78, 5) is 0.172. The molecule has 0 bridgehead atoms. The van der Waals surface area contributed by atoms with Crippen LogP contribution in [-0.2, 0) is 10.0 Å². The Morgan fingerprint density at radius 1 is 1.04 bits per heavy atom. The van der Waals surface area contributed by atoms with E-state index in [0.29, 0.717) is 21.3 Å². The second-order valence-corrected chi connectivity index (χ2v) is 8.14. The molecule has 9 heteroatoms. The molecule has 0 unspecified atom stereocenters. The number of hydrogen-bond acceptors (Lipinski definition) is 4. The van der Waals surface area contributed by atoms with Crippen molar-refractivity contribution in [2.45, 2.75) is 11.8 Å². The molecule has 0 saturated heterocycles. The fraction of sp³-hybridized carbons (Fsp3) is 0.0588. The van der Waals surface area contributed by atoms with Gasteiger partial charge in [0.2, 0.25) is 5.96 Å². The predicted octanol–water partition coefficient (Wildman–Crippen LogP) is 2.64. The Kier molecular flexibility index (Phi) is 4.84. The minimum Gasteiger partial charge on any atom is -0.369 e. The topological polar surface area (TPSA) is 116 Å². The fourth-order valence-corrected chi connectivity index (χ4v) is 4.92. The third kappa shape index (κ3) is 3.23. The van der Waals surface area contributed by atoms with Gasteiger partial charge in [-0.2, -0.15) is 5.10 Å². The third-order valence-corrected chi connectivity index (χ3v) is 6.44. The average Bonchev–Trinajstić information content (AvgIpc) is 3.00. The summed E-state index contributed by atoms with van der Waals surface area (Å²) in [5, 5.41) is 8.34. The van der Waals surface area contributed by atoms with Crippen molar-refractivity contribution in [3.05, 3.63) is 64.8 Å². The van der Waals surface area contributed by atoms with Crippen LogP contribution in [0.4, 0.5) is 0 Å². The van der Waals surface area contributed by atoms with E-state index >= 15 is 0 Å². The van der Waals surface area contributed by atoms with Gasteiger partial charge in [0.1, 0.15) is 4.90 Å². The molecule has 2 aromatic carbocycles. The van der Waals surface area contributed by atoms with Gasteiger partial charge < -0.3 is 11.5 Å². The number of halogens is 1. The number of aromatic nitrogens is 1. The number of nitrogens with zero attached hydrogens (tertiary/aromatic N) is 3. The van der Waals surface area contributed by atoms with Crippen LogP contribution in [0.1, 0.15) is 12.5 Å². The Morgan fingerprint density at radius 2 is 1.69 bits per heavy atom. The van der Waals surface area contributed by atoms with E-state index in [-0.39, 0.29) is 10.9 Å². The molecule has 26 heavy (non-hydrogen) atoms. The minimum atomic E-state index is -3.81. The zero-order valence-corrected chi connectivity index (χ0v) is 16.2. The predicted molar refractivity (Wildman–Crippen MR) is 107 cm³/mol. The van der Waals surface area contributed by atoms with Crippen LogP contribution in [0.2, 0.25) is 0 Å². The molecule has 0 fully saturated rings. The molecular weight excluding hydrogens is 418 g/mol. The van der Waals surface area contributed by atoms with Gasteiger partial charge in [0.25, 0.3) is 10.0 Å². The van der Waals surface area contributed by atoms with Gasteiger partial charge >= 0.3 is 0 Å². The quantitative estimate of drug-likeness (QED) is 0.373. The molecule has 1 heterocycles. The number of benzene rings is 2. The summed E-state index contributed by atoms with van der Waals surface area (Å²) in [6, 6.07) is 13.8. The number of nitrogens with two attached hydrogens (primary N) is 2. The lowest BCUT2D eigenvalue weighted by atomic mass is 10.1. The SMILES string of the molecule is CC(=NN=C(N)N)c1cn(S(=O)(=O)c2ccccc2Br)c2ccccc12. The van der Waals surface area contributed by atoms with Crippen LogP contribution in [0.5, 0.6) is 0 Å². The Bertz CT molecular complexity index is 1140. The van der Waals surface area contributed by atoms with Gasteiger partial charge in [-0.05, 0) is 41.1 Å². The van der Waals surface area contributed by atoms with E-state index in [0.717, 1.165) is 5.39 Å². The van der Waals surface area contributed by atoms with Crippen LogP contribution in [0.25, 0.3) is 10.9 Å². The van der Waals surface area contributed by atoms with E-state index in [4.69, 9.17) is 11.5 Å². The van der Waals surface area contributed by atoms with Crippen molar-refractivity contribution in [3.8, 4) is 0 Å². The monoisotopic (exact) mass is 433 g/mol. The smallest absolute Gasteiger partial charge is 0.269 e. The molecule has 0 radical (unpaired) electrons. The van der Waals surface area contributed by atoms with Crippen LogP contribution < -0.4 is 11.5 Å². The largest absolute Gasteiger partial charge is 0.369 e. The summed E-state index contributed by atoms with van der Waals surface area (Å²) in [7, 11) is -3.81. The highest BCUT2D eigenvalue weighted by atomic mass is 79.9. The van der Waals surface area contributed by atoms with Gasteiger partial charge in [-0.25, -0.2) is 12.4 Å². The average molecular weight is 434 g/mol. The molecular formula is C17H16BrN5O2S. The molecule has 0 aliphatic rings. The third-order valence-electron chi connectivity index (χ3n) is 3.76. The summed E-state index contributed by atoms with van der Waals surface area (Å²) >= 11 is 3.31. The highest BCUT2D eigenvalue weighted by Crippen LogP contribution is 2.29. The number of fused-ring (bicyclic) bond motifs is 1. The van der Waals surface area contributed by atoms with Crippen LogP contribution in [0.3, 0.4) is 0 Å². The zero-order chi connectivity index (χ0) is 18.9. The molecule has 7 nitrogen and oxygen atoms in total. The molecule has 0 saturated carbocycles. The summed E-state index contributed by atoms with van der Waals surface area (Å²) in [5.41, 5.74) is 12.3. The number of rotatable bonds is 4. The Morgan fingerprint density at radius 3 is 2.38 bits per heavy atom. The van der Waals surface area contributed by atoms with Gasteiger partial charge in [-0.1, -0.05) is 30.3 Å². The number of para-hydroxylation sites is 1. The van der Waals surface area contributed by atoms with E-state index in [9.17, 15) is 8.42 Å². The van der Waals surface area contributed by atoms with Gasteiger partial charge in [0.15, 0.2) is 0 Å². The van der Waals surface area contributed by atoms with Gasteiger partial charge in [-0.3, -0.25) is 0 Å². The summed E-state index contributed by atoms with van der Waals surface area (Å²) in [5.74, 6) is -0.172. The van der Waals surface area contributed by atoms with E-state index in [1.807, 2.05) is 12.1 Å². The lowest BCUT2D eigenvalue weighted by Gasteiger charge is -2.09. The Hall–Kier alpha value is -2.65. The molecule has 3 rings (SSSR count). The van der Waals surface area contributed by atoms with Crippen molar-refractivity contribution in [1.29, 1.82) is 0 Å². The maximum absolute atomic E-state index is 13.2. The number of guanidine groups is 1. The van der Waals surface area contributed by atoms with Gasteiger partial charge in [-0.15, -0.1) is 5.10 Å². The molecule has 134 valence electrons. The van der Waals surface area contributed by atoms with Crippen molar-refractivity contribution in [3.63, 3.8) is 0 Å². The molecule has 0 amide bonds. The summed E-state index contributed by atoms with van der Waals surface area (Å²) in [6.45, 7) is 1.71. The van der Waals surface area contributed by atoms with Crippen molar-refractivity contribution >= 4 is 48.5 Å². The van der Waals surface area contributed by atoms with E-state index in [1.54, 1.807) is 43.3 Å².